The topological polar surface area (TPSA) is 80.0 Å². The zero-order valence-corrected chi connectivity index (χ0v) is 13.4. The molecule has 1 aliphatic carbocycles. The van der Waals surface area contributed by atoms with Crippen molar-refractivity contribution < 1.29 is 9.21 Å². The van der Waals surface area contributed by atoms with Crippen molar-refractivity contribution in [3.63, 3.8) is 0 Å². The van der Waals surface area contributed by atoms with Gasteiger partial charge in [0.15, 0.2) is 11.6 Å². The largest absolute Gasteiger partial charge is 0.459 e. The second-order valence-electron chi connectivity index (χ2n) is 5.81. The third-order valence-electron chi connectivity index (χ3n) is 4.13. The van der Waals surface area contributed by atoms with Gasteiger partial charge in [0.2, 0.25) is 0 Å². The predicted octanol–water partition coefficient (Wildman–Crippen LogP) is 3.17. The molecule has 1 amide bonds. The standard InChI is InChI=1S/C16H16N4O2S/c1-9-4-5-10-12(7-9)23-16-13(10)14(17-8-18-16)19-20-15(21)11-3-2-6-22-11/h2-3,6,8-9H,4-5,7H2,1H3,(H,20,21)(H,17,18,19)/t9-/m0/s1. The molecule has 23 heavy (non-hydrogen) atoms. The van der Waals surface area contributed by atoms with Gasteiger partial charge >= 0.3 is 5.91 Å². The van der Waals surface area contributed by atoms with Crippen LogP contribution < -0.4 is 10.9 Å². The lowest BCUT2D eigenvalue weighted by Gasteiger charge is -2.18. The number of hydrogen-bond donors (Lipinski definition) is 2. The lowest BCUT2D eigenvalue weighted by atomic mass is 9.89. The van der Waals surface area contributed by atoms with Crippen molar-refractivity contribution in [1.29, 1.82) is 0 Å². The Kier molecular flexibility index (Phi) is 3.49. The van der Waals surface area contributed by atoms with Crippen molar-refractivity contribution in [2.45, 2.75) is 26.2 Å². The number of aromatic nitrogens is 2. The maximum atomic E-state index is 12.0. The molecule has 3 heterocycles. The van der Waals surface area contributed by atoms with Crippen LogP contribution in [0.3, 0.4) is 0 Å². The summed E-state index contributed by atoms with van der Waals surface area (Å²) in [5.41, 5.74) is 6.87. The molecular weight excluding hydrogens is 312 g/mol. The van der Waals surface area contributed by atoms with Gasteiger partial charge in [0, 0.05) is 4.88 Å². The molecule has 0 aromatic carbocycles. The summed E-state index contributed by atoms with van der Waals surface area (Å²) in [6.45, 7) is 2.28. The molecule has 0 radical (unpaired) electrons. The molecule has 3 aromatic rings. The first-order valence-electron chi connectivity index (χ1n) is 7.57. The van der Waals surface area contributed by atoms with E-state index in [-0.39, 0.29) is 11.7 Å². The molecule has 1 aliphatic rings. The average molecular weight is 328 g/mol. The fraction of sp³-hybridized carbons (Fsp3) is 0.312. The van der Waals surface area contributed by atoms with Gasteiger partial charge in [-0.1, -0.05) is 6.92 Å². The van der Waals surface area contributed by atoms with Crippen LogP contribution in [0.4, 0.5) is 5.82 Å². The average Bonchev–Trinajstić information content (AvgIpc) is 3.19. The summed E-state index contributed by atoms with van der Waals surface area (Å²) in [7, 11) is 0. The lowest BCUT2D eigenvalue weighted by Crippen LogP contribution is -2.29. The van der Waals surface area contributed by atoms with Gasteiger partial charge in [-0.2, -0.15) is 0 Å². The molecule has 0 aliphatic heterocycles. The number of hydrogen-bond acceptors (Lipinski definition) is 6. The Bertz CT molecular complexity index is 856. The third-order valence-corrected chi connectivity index (χ3v) is 5.29. The molecule has 2 N–H and O–H groups in total. The summed E-state index contributed by atoms with van der Waals surface area (Å²) >= 11 is 1.73. The van der Waals surface area contributed by atoms with Crippen molar-refractivity contribution in [1.82, 2.24) is 15.4 Å². The summed E-state index contributed by atoms with van der Waals surface area (Å²) < 4.78 is 5.08. The first kappa shape index (κ1) is 14.2. The Balaban J connectivity index is 1.64. The van der Waals surface area contributed by atoms with Crippen LogP contribution in [0.1, 0.15) is 34.3 Å². The van der Waals surface area contributed by atoms with Crippen molar-refractivity contribution >= 4 is 33.3 Å². The van der Waals surface area contributed by atoms with Gasteiger partial charge in [0.05, 0.1) is 11.6 Å². The molecular formula is C16H16N4O2S. The normalized spacial score (nSPS) is 17.0. The van der Waals surface area contributed by atoms with E-state index in [2.05, 4.69) is 27.7 Å². The number of hydrazine groups is 1. The third kappa shape index (κ3) is 2.57. The highest BCUT2D eigenvalue weighted by molar-refractivity contribution is 7.19. The number of carbonyl (C=O) groups is 1. The minimum atomic E-state index is -0.334. The van der Waals surface area contributed by atoms with E-state index in [9.17, 15) is 4.79 Å². The molecule has 4 rings (SSSR count). The van der Waals surface area contributed by atoms with Gasteiger partial charge in [0.25, 0.3) is 0 Å². The highest BCUT2D eigenvalue weighted by atomic mass is 32.1. The molecule has 0 unspecified atom stereocenters. The Morgan fingerprint density at radius 1 is 1.43 bits per heavy atom. The van der Waals surface area contributed by atoms with E-state index in [0.717, 1.165) is 23.1 Å². The number of thiophene rings is 1. The van der Waals surface area contributed by atoms with Gasteiger partial charge in [-0.05, 0) is 42.9 Å². The number of aryl methyl sites for hydroxylation is 1. The Hall–Kier alpha value is -2.41. The molecule has 0 spiro atoms. The van der Waals surface area contributed by atoms with Gasteiger partial charge in [-0.25, -0.2) is 9.97 Å². The van der Waals surface area contributed by atoms with Crippen LogP contribution >= 0.6 is 11.3 Å². The molecule has 0 saturated carbocycles. The van der Waals surface area contributed by atoms with E-state index in [0.29, 0.717) is 11.7 Å². The minimum absolute atomic E-state index is 0.254. The maximum Gasteiger partial charge on any atom is 0.305 e. The van der Waals surface area contributed by atoms with E-state index < -0.39 is 0 Å². The van der Waals surface area contributed by atoms with Crippen molar-refractivity contribution in [2.75, 3.05) is 5.43 Å². The lowest BCUT2D eigenvalue weighted by molar-refractivity contribution is 0.0935. The van der Waals surface area contributed by atoms with E-state index in [1.54, 1.807) is 23.5 Å². The zero-order chi connectivity index (χ0) is 15.8. The van der Waals surface area contributed by atoms with Crippen LogP contribution in [0.25, 0.3) is 10.2 Å². The molecule has 7 heteroatoms. The van der Waals surface area contributed by atoms with Crippen molar-refractivity contribution in [3.05, 3.63) is 40.9 Å². The van der Waals surface area contributed by atoms with Crippen molar-refractivity contribution in [2.24, 2.45) is 5.92 Å². The highest BCUT2D eigenvalue weighted by Crippen LogP contribution is 2.39. The minimum Gasteiger partial charge on any atom is -0.459 e. The fourth-order valence-electron chi connectivity index (χ4n) is 2.96. The molecule has 0 bridgehead atoms. The molecule has 0 fully saturated rings. The molecule has 0 saturated heterocycles. The Morgan fingerprint density at radius 2 is 2.35 bits per heavy atom. The zero-order valence-electron chi connectivity index (χ0n) is 12.6. The monoisotopic (exact) mass is 328 g/mol. The van der Waals surface area contributed by atoms with Crippen LogP contribution in [0.15, 0.2) is 29.1 Å². The van der Waals surface area contributed by atoms with Gasteiger partial charge in [-0.15, -0.1) is 11.3 Å². The number of rotatable bonds is 3. The summed E-state index contributed by atoms with van der Waals surface area (Å²) in [6, 6.07) is 3.29. The molecule has 118 valence electrons. The number of furan rings is 1. The first-order valence-corrected chi connectivity index (χ1v) is 8.39. The van der Waals surface area contributed by atoms with Gasteiger partial charge in [-0.3, -0.25) is 15.6 Å². The molecule has 6 nitrogen and oxygen atoms in total. The van der Waals surface area contributed by atoms with Gasteiger partial charge < -0.3 is 4.42 Å². The van der Waals surface area contributed by atoms with Crippen LogP contribution in [0.5, 0.6) is 0 Å². The van der Waals surface area contributed by atoms with Crippen LogP contribution in [-0.4, -0.2) is 15.9 Å². The second kappa shape index (κ2) is 5.66. The summed E-state index contributed by atoms with van der Waals surface area (Å²) in [5.74, 6) is 1.27. The van der Waals surface area contributed by atoms with Crippen LogP contribution in [0, 0.1) is 5.92 Å². The molecule has 1 atom stereocenters. The molecule has 3 aromatic heterocycles. The first-order chi connectivity index (χ1) is 11.2. The fourth-order valence-corrected chi connectivity index (χ4v) is 4.31. The smallest absolute Gasteiger partial charge is 0.305 e. The Morgan fingerprint density at radius 3 is 3.17 bits per heavy atom. The summed E-state index contributed by atoms with van der Waals surface area (Å²) in [6.07, 6.45) is 6.29. The predicted molar refractivity (Wildman–Crippen MR) is 88.4 cm³/mol. The van der Waals surface area contributed by atoms with E-state index in [1.807, 2.05) is 0 Å². The number of nitrogens with one attached hydrogen (secondary N) is 2. The highest BCUT2D eigenvalue weighted by Gasteiger charge is 2.23. The number of anilines is 1. The quantitative estimate of drug-likeness (QED) is 0.722. The van der Waals surface area contributed by atoms with Crippen LogP contribution in [-0.2, 0) is 12.8 Å². The van der Waals surface area contributed by atoms with E-state index in [1.165, 1.54) is 29.5 Å². The SMILES string of the molecule is C[C@H]1CCc2c(sc3ncnc(NNC(=O)c4ccco4)c23)C1. The maximum absolute atomic E-state index is 12.0. The number of carbonyl (C=O) groups excluding carboxylic acids is 1. The number of nitrogens with zero attached hydrogens (tertiary/aromatic N) is 2. The van der Waals surface area contributed by atoms with Gasteiger partial charge in [0.1, 0.15) is 11.2 Å². The second-order valence-corrected chi connectivity index (χ2v) is 6.89. The van der Waals surface area contributed by atoms with Crippen LogP contribution in [0.2, 0.25) is 0 Å². The van der Waals surface area contributed by atoms with Crippen molar-refractivity contribution in [3.8, 4) is 0 Å². The summed E-state index contributed by atoms with van der Waals surface area (Å²) in [4.78, 5) is 23.0. The van der Waals surface area contributed by atoms with E-state index in [4.69, 9.17) is 4.42 Å². The summed E-state index contributed by atoms with van der Waals surface area (Å²) in [5, 5.41) is 1.03. The van der Waals surface area contributed by atoms with E-state index >= 15 is 0 Å². The number of amides is 1. The Labute approximate surface area is 136 Å². The number of fused-ring (bicyclic) bond motifs is 3.